The van der Waals surface area contributed by atoms with Crippen LogP contribution in [0.2, 0.25) is 0 Å². The molecule has 4 rings (SSSR count). The molecule has 2 saturated heterocycles. The maximum atomic E-state index is 12.6. The molecule has 2 fully saturated rings. The van der Waals surface area contributed by atoms with Gasteiger partial charge in [0.1, 0.15) is 0 Å². The maximum absolute atomic E-state index is 12.6. The summed E-state index contributed by atoms with van der Waals surface area (Å²) in [5, 5.41) is 2.41. The lowest BCUT2D eigenvalue weighted by Gasteiger charge is -2.16. The first-order valence-corrected chi connectivity index (χ1v) is 12.2. The number of imide groups is 1. The number of rotatable bonds is 8. The van der Waals surface area contributed by atoms with E-state index in [2.05, 4.69) is 5.32 Å². The molecule has 0 radical (unpaired) electrons. The fourth-order valence-electron chi connectivity index (χ4n) is 3.83. The summed E-state index contributed by atoms with van der Waals surface area (Å²) < 4.78 is 31.8. The molecule has 2 aliphatic rings. The number of amides is 3. The van der Waals surface area contributed by atoms with Gasteiger partial charge in [-0.1, -0.05) is 18.2 Å². The van der Waals surface area contributed by atoms with Gasteiger partial charge in [0, 0.05) is 18.7 Å². The Kier molecular flexibility index (Phi) is 6.75. The van der Waals surface area contributed by atoms with E-state index < -0.39 is 40.3 Å². The van der Waals surface area contributed by atoms with Crippen molar-refractivity contribution in [2.75, 3.05) is 26.2 Å². The molecule has 2 aromatic rings. The highest BCUT2D eigenvalue weighted by Crippen LogP contribution is 2.21. The zero-order valence-corrected chi connectivity index (χ0v) is 19.0. The molecule has 0 bridgehead atoms. The molecule has 3 amide bonds. The van der Waals surface area contributed by atoms with Gasteiger partial charge in [0.2, 0.25) is 15.9 Å². The number of Topliss-reactive ketones (excluding diaryl/α,β-unsaturated/α-hetero) is 1. The molecule has 178 valence electrons. The number of hydrogen-bond acceptors (Lipinski definition) is 7. The summed E-state index contributed by atoms with van der Waals surface area (Å²) in [6.07, 6.45) is 1.65. The molecule has 0 saturated carbocycles. The van der Waals surface area contributed by atoms with Crippen LogP contribution in [0.4, 0.5) is 4.79 Å². The van der Waals surface area contributed by atoms with Crippen LogP contribution in [-0.2, 0) is 26.1 Å². The smallest absolute Gasteiger partial charge is 0.338 e. The molecule has 34 heavy (non-hydrogen) atoms. The number of ketones is 1. The molecule has 0 spiro atoms. The van der Waals surface area contributed by atoms with Gasteiger partial charge in [-0.05, 0) is 48.7 Å². The lowest BCUT2D eigenvalue weighted by atomic mass is 10.1. The highest BCUT2D eigenvalue weighted by molar-refractivity contribution is 7.89. The predicted octanol–water partition coefficient (Wildman–Crippen LogP) is 1.56. The van der Waals surface area contributed by atoms with Crippen molar-refractivity contribution < 1.29 is 32.3 Å². The van der Waals surface area contributed by atoms with Crippen molar-refractivity contribution in [1.29, 1.82) is 0 Å². The molecule has 11 heteroatoms. The number of nitrogens with zero attached hydrogens (tertiary/aromatic N) is 2. The molecular formula is C23H23N3O7S. The minimum Gasteiger partial charge on any atom is -0.454 e. The summed E-state index contributed by atoms with van der Waals surface area (Å²) >= 11 is 0. The van der Waals surface area contributed by atoms with Gasteiger partial charge in [-0.2, -0.15) is 4.31 Å². The molecular weight excluding hydrogens is 462 g/mol. The highest BCUT2D eigenvalue weighted by atomic mass is 32.2. The lowest BCUT2D eigenvalue weighted by Crippen LogP contribution is -2.31. The Bertz CT molecular complexity index is 1220. The zero-order chi connectivity index (χ0) is 24.3. The Morgan fingerprint density at radius 3 is 2.29 bits per heavy atom. The third-order valence-corrected chi connectivity index (χ3v) is 7.63. The van der Waals surface area contributed by atoms with Crippen LogP contribution in [-0.4, -0.2) is 67.6 Å². The summed E-state index contributed by atoms with van der Waals surface area (Å²) in [4.78, 5) is 49.9. The van der Waals surface area contributed by atoms with E-state index in [0.717, 1.165) is 17.7 Å². The number of nitrogens with one attached hydrogen (secondary N) is 1. The first kappa shape index (κ1) is 23.6. The van der Waals surface area contributed by atoms with E-state index in [9.17, 15) is 27.6 Å². The summed E-state index contributed by atoms with van der Waals surface area (Å²) in [5.41, 5.74) is 0.748. The Morgan fingerprint density at radius 1 is 0.971 bits per heavy atom. The van der Waals surface area contributed by atoms with Crippen LogP contribution in [0.5, 0.6) is 0 Å². The normalized spacial score (nSPS) is 16.5. The van der Waals surface area contributed by atoms with Gasteiger partial charge < -0.3 is 10.1 Å². The maximum Gasteiger partial charge on any atom is 0.338 e. The van der Waals surface area contributed by atoms with E-state index in [1.807, 2.05) is 0 Å². The van der Waals surface area contributed by atoms with E-state index >= 15 is 0 Å². The van der Waals surface area contributed by atoms with Crippen LogP contribution in [0, 0.1) is 0 Å². The first-order chi connectivity index (χ1) is 16.3. The Labute approximate surface area is 196 Å². The predicted molar refractivity (Wildman–Crippen MR) is 119 cm³/mol. The number of carbonyl (C=O) groups excluding carboxylic acids is 4. The molecule has 2 heterocycles. The second-order valence-corrected chi connectivity index (χ2v) is 9.87. The molecule has 10 nitrogen and oxygen atoms in total. The van der Waals surface area contributed by atoms with Crippen molar-refractivity contribution in [3.05, 3.63) is 65.2 Å². The number of benzene rings is 2. The van der Waals surface area contributed by atoms with E-state index in [-0.39, 0.29) is 29.1 Å². The number of urea groups is 1. The van der Waals surface area contributed by atoms with Crippen molar-refractivity contribution in [3.63, 3.8) is 0 Å². The third-order valence-electron chi connectivity index (χ3n) is 5.72. The number of sulfonamides is 1. The van der Waals surface area contributed by atoms with Gasteiger partial charge in [-0.25, -0.2) is 18.0 Å². The van der Waals surface area contributed by atoms with Crippen LogP contribution in [0.3, 0.4) is 0 Å². The highest BCUT2D eigenvalue weighted by Gasteiger charge is 2.30. The van der Waals surface area contributed by atoms with Gasteiger partial charge in [0.15, 0.2) is 12.4 Å². The van der Waals surface area contributed by atoms with Crippen molar-refractivity contribution in [1.82, 2.24) is 14.5 Å². The molecule has 2 aliphatic heterocycles. The second kappa shape index (κ2) is 9.74. The van der Waals surface area contributed by atoms with Gasteiger partial charge in [-0.3, -0.25) is 14.5 Å². The van der Waals surface area contributed by atoms with E-state index in [0.29, 0.717) is 18.7 Å². The summed E-state index contributed by atoms with van der Waals surface area (Å²) in [7, 11) is -3.59. The average Bonchev–Trinajstić information content (AvgIpc) is 3.50. The van der Waals surface area contributed by atoms with Crippen LogP contribution in [0.25, 0.3) is 0 Å². The number of ether oxygens (including phenoxy) is 1. The quantitative estimate of drug-likeness (QED) is 0.341. The molecule has 0 aromatic heterocycles. The molecule has 0 unspecified atom stereocenters. The topological polar surface area (TPSA) is 130 Å². The fourth-order valence-corrected chi connectivity index (χ4v) is 5.34. The molecule has 2 aromatic carbocycles. The van der Waals surface area contributed by atoms with Gasteiger partial charge in [0.25, 0.3) is 0 Å². The van der Waals surface area contributed by atoms with Crippen molar-refractivity contribution in [2.45, 2.75) is 24.3 Å². The fraction of sp³-hybridized carbons (Fsp3) is 0.304. The molecule has 0 aliphatic carbocycles. The number of carbonyl (C=O) groups is 4. The van der Waals surface area contributed by atoms with Crippen molar-refractivity contribution in [2.24, 2.45) is 0 Å². The second-order valence-electron chi connectivity index (χ2n) is 7.93. The first-order valence-electron chi connectivity index (χ1n) is 10.7. The van der Waals surface area contributed by atoms with Gasteiger partial charge >= 0.3 is 12.0 Å². The van der Waals surface area contributed by atoms with E-state index in [4.69, 9.17) is 4.74 Å². The van der Waals surface area contributed by atoms with Gasteiger partial charge in [0.05, 0.1) is 23.5 Å². The standard InChI is InChI=1S/C23H23N3O7S/c27-20(16-7-9-18(10-8-16)34(31,32)25-11-3-4-12-25)15-33-22(29)19-6-2-1-5-17(19)14-26-21(28)13-24-23(26)30/h1-2,5-10H,3-4,11-15H2,(H,24,30). The summed E-state index contributed by atoms with van der Waals surface area (Å²) in [6.45, 7) is 0.220. The Morgan fingerprint density at radius 2 is 1.65 bits per heavy atom. The molecule has 0 atom stereocenters. The van der Waals surface area contributed by atoms with Crippen LogP contribution < -0.4 is 5.32 Å². The van der Waals surface area contributed by atoms with Crippen LogP contribution in [0.1, 0.15) is 39.1 Å². The zero-order valence-electron chi connectivity index (χ0n) is 18.2. The minimum absolute atomic E-state index is 0.0991. The summed E-state index contributed by atoms with van der Waals surface area (Å²) in [6, 6.07) is 11.3. The Balaban J connectivity index is 1.39. The SMILES string of the molecule is O=C(COC(=O)c1ccccc1CN1C(=O)CNC1=O)c1ccc(S(=O)(=O)N2CCCC2)cc1. The van der Waals surface area contributed by atoms with Crippen molar-refractivity contribution >= 4 is 33.7 Å². The number of esters is 1. The number of hydrogen-bond donors (Lipinski definition) is 1. The summed E-state index contributed by atoms with van der Waals surface area (Å²) in [5.74, 6) is -1.67. The lowest BCUT2D eigenvalue weighted by molar-refractivity contribution is -0.125. The largest absolute Gasteiger partial charge is 0.454 e. The van der Waals surface area contributed by atoms with E-state index in [1.165, 1.54) is 34.6 Å². The Hall–Kier alpha value is -3.57. The van der Waals surface area contributed by atoms with Crippen molar-refractivity contribution in [3.8, 4) is 0 Å². The molecule has 1 N–H and O–H groups in total. The van der Waals surface area contributed by atoms with Crippen LogP contribution in [0.15, 0.2) is 53.4 Å². The van der Waals surface area contributed by atoms with Crippen LogP contribution >= 0.6 is 0 Å². The third kappa shape index (κ3) is 4.85. The average molecular weight is 486 g/mol. The monoisotopic (exact) mass is 485 g/mol. The van der Waals surface area contributed by atoms with Gasteiger partial charge in [-0.15, -0.1) is 0 Å². The van der Waals surface area contributed by atoms with E-state index in [1.54, 1.807) is 18.2 Å². The minimum atomic E-state index is -3.59.